The zero-order chi connectivity index (χ0) is 16.2. The molecule has 2 aromatic rings. The minimum atomic E-state index is -0.137. The number of phenolic OH excluding ortho intramolecular Hbond substituents is 1. The number of benzene rings is 2. The first-order valence-corrected chi connectivity index (χ1v) is 8.18. The quantitative estimate of drug-likeness (QED) is 0.859. The van der Waals surface area contributed by atoms with Crippen LogP contribution in [0.3, 0.4) is 0 Å². The van der Waals surface area contributed by atoms with Crippen molar-refractivity contribution in [1.82, 2.24) is 0 Å². The van der Waals surface area contributed by atoms with Crippen LogP contribution < -0.4 is 0 Å². The maximum Gasteiger partial charge on any atom is 0.309 e. The molecule has 1 saturated heterocycles. The van der Waals surface area contributed by atoms with Crippen molar-refractivity contribution in [3.8, 4) is 5.75 Å². The zero-order valence-corrected chi connectivity index (χ0v) is 13.4. The maximum atomic E-state index is 12.1. The van der Waals surface area contributed by atoms with Crippen molar-refractivity contribution in [3.05, 3.63) is 65.2 Å². The van der Waals surface area contributed by atoms with Gasteiger partial charge in [-0.15, -0.1) is 0 Å². The van der Waals surface area contributed by atoms with Crippen LogP contribution in [0.15, 0.2) is 48.5 Å². The predicted molar refractivity (Wildman–Crippen MR) is 89.3 cm³/mol. The van der Waals surface area contributed by atoms with Gasteiger partial charge in [-0.2, -0.15) is 0 Å². The van der Waals surface area contributed by atoms with E-state index in [1.807, 2.05) is 12.1 Å². The third-order valence-corrected chi connectivity index (χ3v) is 4.58. The van der Waals surface area contributed by atoms with Gasteiger partial charge in [0.1, 0.15) is 5.75 Å². The molecule has 0 spiro atoms. The molecule has 2 aromatic carbocycles. The Balaban J connectivity index is 1.74. The van der Waals surface area contributed by atoms with Crippen molar-refractivity contribution in [2.24, 2.45) is 11.8 Å². The second kappa shape index (κ2) is 6.86. The second-order valence-electron chi connectivity index (χ2n) is 6.25. The van der Waals surface area contributed by atoms with Crippen molar-refractivity contribution in [2.45, 2.75) is 26.2 Å². The van der Waals surface area contributed by atoms with Crippen LogP contribution in [0.25, 0.3) is 0 Å². The third-order valence-electron chi connectivity index (χ3n) is 4.58. The van der Waals surface area contributed by atoms with Crippen LogP contribution in [0.2, 0.25) is 0 Å². The van der Waals surface area contributed by atoms with E-state index in [0.717, 1.165) is 18.4 Å². The fraction of sp³-hybridized carbons (Fsp3) is 0.350. The van der Waals surface area contributed by atoms with Gasteiger partial charge in [0.15, 0.2) is 0 Å². The Morgan fingerprint density at radius 1 is 1.04 bits per heavy atom. The Kier molecular flexibility index (Phi) is 4.65. The van der Waals surface area contributed by atoms with Gasteiger partial charge in [-0.05, 0) is 48.1 Å². The number of carbonyl (C=O) groups is 1. The lowest BCUT2D eigenvalue weighted by Gasteiger charge is -2.16. The van der Waals surface area contributed by atoms with Gasteiger partial charge >= 0.3 is 5.97 Å². The Morgan fingerprint density at radius 2 is 1.74 bits per heavy atom. The van der Waals surface area contributed by atoms with Gasteiger partial charge in [0.05, 0.1) is 12.5 Å². The molecule has 0 radical (unpaired) electrons. The molecule has 0 amide bonds. The molecule has 2 unspecified atom stereocenters. The fourth-order valence-electron chi connectivity index (χ4n) is 3.27. The van der Waals surface area contributed by atoms with E-state index < -0.39 is 0 Å². The molecule has 0 saturated carbocycles. The fourth-order valence-corrected chi connectivity index (χ4v) is 3.27. The molecule has 3 nitrogen and oxygen atoms in total. The molecule has 1 aliphatic rings. The molecule has 3 heteroatoms. The van der Waals surface area contributed by atoms with Crippen LogP contribution in [0.1, 0.15) is 23.6 Å². The topological polar surface area (TPSA) is 46.5 Å². The van der Waals surface area contributed by atoms with E-state index in [1.54, 1.807) is 12.1 Å². The van der Waals surface area contributed by atoms with Crippen LogP contribution in [0.5, 0.6) is 5.75 Å². The van der Waals surface area contributed by atoms with E-state index in [9.17, 15) is 9.90 Å². The molecule has 3 rings (SSSR count). The van der Waals surface area contributed by atoms with Gasteiger partial charge in [-0.3, -0.25) is 4.79 Å². The van der Waals surface area contributed by atoms with Gasteiger partial charge in [0, 0.05) is 5.92 Å². The van der Waals surface area contributed by atoms with E-state index in [1.165, 1.54) is 11.1 Å². The highest BCUT2D eigenvalue weighted by atomic mass is 16.5. The largest absolute Gasteiger partial charge is 0.508 e. The molecule has 1 N–H and O–H groups in total. The maximum absolute atomic E-state index is 12.1. The molecule has 1 heterocycles. The first kappa shape index (κ1) is 15.6. The second-order valence-corrected chi connectivity index (χ2v) is 6.25. The molecule has 1 aliphatic heterocycles. The summed E-state index contributed by atoms with van der Waals surface area (Å²) in [4.78, 5) is 12.1. The summed E-state index contributed by atoms with van der Waals surface area (Å²) in [5.41, 5.74) is 3.55. The Morgan fingerprint density at radius 3 is 2.48 bits per heavy atom. The van der Waals surface area contributed by atoms with Crippen molar-refractivity contribution in [3.63, 3.8) is 0 Å². The summed E-state index contributed by atoms with van der Waals surface area (Å²) in [6.07, 6.45) is 2.48. The van der Waals surface area contributed by atoms with Gasteiger partial charge in [-0.25, -0.2) is 0 Å². The first-order chi connectivity index (χ1) is 11.2. The smallest absolute Gasteiger partial charge is 0.309 e. The van der Waals surface area contributed by atoms with Crippen LogP contribution in [-0.4, -0.2) is 17.7 Å². The zero-order valence-electron chi connectivity index (χ0n) is 13.4. The number of esters is 1. The number of carbonyl (C=O) groups excluding carboxylic acids is 1. The molecule has 120 valence electrons. The first-order valence-electron chi connectivity index (χ1n) is 8.18. The van der Waals surface area contributed by atoms with Crippen molar-refractivity contribution >= 4 is 5.97 Å². The lowest BCUT2D eigenvalue weighted by Crippen LogP contribution is -2.20. The number of phenols is 1. The minimum Gasteiger partial charge on any atom is -0.508 e. The molecule has 1 fully saturated rings. The minimum absolute atomic E-state index is 0.120. The van der Waals surface area contributed by atoms with Crippen molar-refractivity contribution < 1.29 is 14.6 Å². The van der Waals surface area contributed by atoms with Crippen LogP contribution in [0.4, 0.5) is 0 Å². The molecule has 0 bridgehead atoms. The lowest BCUT2D eigenvalue weighted by molar-refractivity contribution is -0.141. The highest BCUT2D eigenvalue weighted by Gasteiger charge is 2.36. The standard InChI is InChI=1S/C20H22O3/c1-2-14-5-3-6-15(9-14)10-17-13-23-20(22)19(17)12-16-7-4-8-18(21)11-16/h3-9,11,17,19,21H,2,10,12-13H2,1H3. The summed E-state index contributed by atoms with van der Waals surface area (Å²) in [6, 6.07) is 15.7. The van der Waals surface area contributed by atoms with Gasteiger partial charge in [0.25, 0.3) is 0 Å². The van der Waals surface area contributed by atoms with Crippen LogP contribution in [-0.2, 0) is 28.8 Å². The van der Waals surface area contributed by atoms with Gasteiger partial charge in [-0.1, -0.05) is 43.3 Å². The average Bonchev–Trinajstić information content (AvgIpc) is 2.88. The Bertz CT molecular complexity index is 693. The highest BCUT2D eigenvalue weighted by Crippen LogP contribution is 2.30. The Hall–Kier alpha value is -2.29. The SMILES string of the molecule is CCc1cccc(CC2COC(=O)C2Cc2cccc(O)c2)c1. The van der Waals surface area contributed by atoms with E-state index in [4.69, 9.17) is 4.74 Å². The Labute approximate surface area is 136 Å². The van der Waals surface area contributed by atoms with Crippen molar-refractivity contribution in [2.75, 3.05) is 6.61 Å². The number of hydrogen-bond acceptors (Lipinski definition) is 3. The molecule has 2 atom stereocenters. The van der Waals surface area contributed by atoms with E-state index in [0.29, 0.717) is 13.0 Å². The third kappa shape index (κ3) is 3.73. The summed E-state index contributed by atoms with van der Waals surface area (Å²) >= 11 is 0. The summed E-state index contributed by atoms with van der Waals surface area (Å²) < 4.78 is 5.31. The van der Waals surface area contributed by atoms with Crippen molar-refractivity contribution in [1.29, 1.82) is 0 Å². The number of rotatable bonds is 5. The number of aryl methyl sites for hydroxylation is 1. The lowest BCUT2D eigenvalue weighted by atomic mass is 9.84. The van der Waals surface area contributed by atoms with E-state index in [-0.39, 0.29) is 23.6 Å². The summed E-state index contributed by atoms with van der Waals surface area (Å²) in [6.45, 7) is 2.63. The van der Waals surface area contributed by atoms with Gasteiger partial charge < -0.3 is 9.84 Å². The number of cyclic esters (lactones) is 1. The predicted octanol–water partition coefficient (Wildman–Crippen LogP) is 3.53. The van der Waals surface area contributed by atoms with Gasteiger partial charge in [0.2, 0.25) is 0 Å². The monoisotopic (exact) mass is 310 g/mol. The molecular formula is C20H22O3. The number of aromatic hydroxyl groups is 1. The normalized spacial score (nSPS) is 20.5. The van der Waals surface area contributed by atoms with Crippen LogP contribution >= 0.6 is 0 Å². The average molecular weight is 310 g/mol. The number of ether oxygens (including phenoxy) is 1. The highest BCUT2D eigenvalue weighted by molar-refractivity contribution is 5.75. The molecule has 0 aromatic heterocycles. The summed E-state index contributed by atoms with van der Waals surface area (Å²) in [5.74, 6) is 0.171. The van der Waals surface area contributed by atoms with E-state index >= 15 is 0 Å². The summed E-state index contributed by atoms with van der Waals surface area (Å²) in [5, 5.41) is 9.60. The molecule has 0 aliphatic carbocycles. The number of hydrogen-bond donors (Lipinski definition) is 1. The van der Waals surface area contributed by atoms with E-state index in [2.05, 4.69) is 31.2 Å². The molecular weight excluding hydrogens is 288 g/mol. The summed E-state index contributed by atoms with van der Waals surface area (Å²) in [7, 11) is 0. The van der Waals surface area contributed by atoms with Crippen LogP contribution in [0, 0.1) is 11.8 Å². The molecule has 23 heavy (non-hydrogen) atoms.